The van der Waals surface area contributed by atoms with Crippen LogP contribution in [0.15, 0.2) is 48.5 Å². The first kappa shape index (κ1) is 20.8. The first-order valence-electron chi connectivity index (χ1n) is 8.17. The summed E-state index contributed by atoms with van der Waals surface area (Å²) < 4.78 is 38.0. The van der Waals surface area contributed by atoms with Gasteiger partial charge in [0.15, 0.2) is 0 Å². The maximum Gasteiger partial charge on any atom is 0.416 e. The van der Waals surface area contributed by atoms with E-state index < -0.39 is 22.4 Å². The van der Waals surface area contributed by atoms with Gasteiger partial charge in [0.25, 0.3) is 5.69 Å². The first-order valence-corrected chi connectivity index (χ1v) is 8.17. The molecule has 2 aromatic carbocycles. The van der Waals surface area contributed by atoms with E-state index in [4.69, 9.17) is 0 Å². The Morgan fingerprint density at radius 1 is 1.14 bits per heavy atom. The summed E-state index contributed by atoms with van der Waals surface area (Å²) in [5.74, 6) is 5.32. The number of benzene rings is 2. The molecule has 28 heavy (non-hydrogen) atoms. The molecular weight excluding hydrogens is 375 g/mol. The van der Waals surface area contributed by atoms with Crippen LogP contribution in [0.4, 0.5) is 24.5 Å². The van der Waals surface area contributed by atoms with Crippen LogP contribution in [0.1, 0.15) is 17.5 Å². The number of carbonyl (C=O) groups excluding carboxylic acids is 1. The van der Waals surface area contributed by atoms with Crippen LogP contribution in [-0.2, 0) is 11.0 Å². The van der Waals surface area contributed by atoms with E-state index in [1.54, 1.807) is 0 Å². The zero-order valence-corrected chi connectivity index (χ0v) is 14.5. The van der Waals surface area contributed by atoms with Crippen molar-refractivity contribution in [2.24, 2.45) is 0 Å². The highest BCUT2D eigenvalue weighted by Crippen LogP contribution is 2.34. The number of carbonyl (C=O) groups is 1. The largest absolute Gasteiger partial charge is 0.416 e. The van der Waals surface area contributed by atoms with Crippen molar-refractivity contribution in [3.63, 3.8) is 0 Å². The number of hydrogen-bond acceptors (Lipinski definition) is 4. The van der Waals surface area contributed by atoms with Gasteiger partial charge in [-0.15, -0.1) is 0 Å². The number of alkyl halides is 3. The fourth-order valence-electron chi connectivity index (χ4n) is 2.22. The maximum absolute atomic E-state index is 12.7. The number of halogens is 3. The summed E-state index contributed by atoms with van der Waals surface area (Å²) >= 11 is 0. The number of nitrogens with zero attached hydrogens (tertiary/aromatic N) is 1. The predicted molar refractivity (Wildman–Crippen MR) is 97.5 cm³/mol. The van der Waals surface area contributed by atoms with Crippen molar-refractivity contribution in [2.45, 2.75) is 12.6 Å². The van der Waals surface area contributed by atoms with Gasteiger partial charge in [-0.2, -0.15) is 13.2 Å². The monoisotopic (exact) mass is 391 g/mol. The smallest absolute Gasteiger partial charge is 0.379 e. The molecule has 0 unspecified atom stereocenters. The van der Waals surface area contributed by atoms with E-state index in [2.05, 4.69) is 22.5 Å². The molecule has 0 spiro atoms. The van der Waals surface area contributed by atoms with Crippen molar-refractivity contribution in [2.75, 3.05) is 18.4 Å². The van der Waals surface area contributed by atoms with Crippen molar-refractivity contribution in [3.05, 3.63) is 69.8 Å². The maximum atomic E-state index is 12.7. The Hall–Kier alpha value is -3.54. The highest BCUT2D eigenvalue weighted by atomic mass is 19.4. The molecule has 0 heterocycles. The quantitative estimate of drug-likeness (QED) is 0.448. The van der Waals surface area contributed by atoms with Crippen LogP contribution in [0.25, 0.3) is 0 Å². The Kier molecular flexibility index (Phi) is 6.98. The molecule has 9 heteroatoms. The van der Waals surface area contributed by atoms with Gasteiger partial charge in [-0.3, -0.25) is 14.9 Å². The summed E-state index contributed by atoms with van der Waals surface area (Å²) in [6.07, 6.45) is -4.70. The second-order valence-electron chi connectivity index (χ2n) is 5.61. The Bertz CT molecular complexity index is 903. The van der Waals surface area contributed by atoms with E-state index in [9.17, 15) is 28.1 Å². The van der Waals surface area contributed by atoms with Crippen molar-refractivity contribution in [1.29, 1.82) is 0 Å². The third kappa shape index (κ3) is 6.32. The fourth-order valence-corrected chi connectivity index (χ4v) is 2.22. The average molecular weight is 391 g/mol. The lowest BCUT2D eigenvalue weighted by molar-refractivity contribution is -0.384. The van der Waals surface area contributed by atoms with Crippen LogP contribution < -0.4 is 10.6 Å². The minimum Gasteiger partial charge on any atom is -0.379 e. The van der Waals surface area contributed by atoms with Gasteiger partial charge in [0, 0.05) is 24.6 Å². The van der Waals surface area contributed by atoms with E-state index >= 15 is 0 Å². The van der Waals surface area contributed by atoms with Crippen molar-refractivity contribution in [3.8, 4) is 11.8 Å². The fraction of sp³-hybridized carbons (Fsp3) is 0.211. The highest BCUT2D eigenvalue weighted by molar-refractivity contribution is 5.77. The second-order valence-corrected chi connectivity index (χ2v) is 5.61. The Balaban J connectivity index is 1.85. The summed E-state index contributed by atoms with van der Waals surface area (Å²) in [5.41, 5.74) is -1.09. The van der Waals surface area contributed by atoms with Gasteiger partial charge in [-0.25, -0.2) is 0 Å². The Morgan fingerprint density at radius 2 is 1.86 bits per heavy atom. The number of nitrogens with one attached hydrogen (secondary N) is 2. The molecule has 0 aliphatic rings. The van der Waals surface area contributed by atoms with E-state index in [1.807, 2.05) is 30.3 Å². The summed E-state index contributed by atoms with van der Waals surface area (Å²) in [4.78, 5) is 21.8. The summed E-state index contributed by atoms with van der Waals surface area (Å²) in [7, 11) is 0. The molecule has 2 rings (SSSR count). The Morgan fingerprint density at radius 3 is 2.50 bits per heavy atom. The van der Waals surface area contributed by atoms with Crippen LogP contribution in [0.3, 0.4) is 0 Å². The highest BCUT2D eigenvalue weighted by Gasteiger charge is 2.33. The van der Waals surface area contributed by atoms with Crippen LogP contribution in [-0.4, -0.2) is 23.9 Å². The normalized spacial score (nSPS) is 10.5. The third-order valence-corrected chi connectivity index (χ3v) is 3.57. The van der Waals surface area contributed by atoms with E-state index in [0.29, 0.717) is 6.07 Å². The molecule has 2 aromatic rings. The number of rotatable bonds is 6. The van der Waals surface area contributed by atoms with Gasteiger partial charge >= 0.3 is 6.18 Å². The molecule has 0 aliphatic heterocycles. The van der Waals surface area contributed by atoms with Crippen molar-refractivity contribution >= 4 is 17.3 Å². The number of nitro benzene ring substituents is 1. The van der Waals surface area contributed by atoms with Gasteiger partial charge in [0.1, 0.15) is 5.69 Å². The molecule has 2 N–H and O–H groups in total. The van der Waals surface area contributed by atoms with Crippen molar-refractivity contribution in [1.82, 2.24) is 5.32 Å². The molecule has 6 nitrogen and oxygen atoms in total. The van der Waals surface area contributed by atoms with Gasteiger partial charge in [-0.1, -0.05) is 30.0 Å². The van der Waals surface area contributed by atoms with Crippen LogP contribution in [0, 0.1) is 22.0 Å². The van der Waals surface area contributed by atoms with E-state index in [-0.39, 0.29) is 31.1 Å². The van der Waals surface area contributed by atoms with E-state index in [1.165, 1.54) is 0 Å². The molecule has 0 atom stereocenters. The predicted octanol–water partition coefficient (Wildman–Crippen LogP) is 3.58. The topological polar surface area (TPSA) is 84.3 Å². The van der Waals surface area contributed by atoms with Crippen LogP contribution in [0.2, 0.25) is 0 Å². The van der Waals surface area contributed by atoms with Gasteiger partial charge in [-0.05, 0) is 24.3 Å². The molecule has 0 saturated heterocycles. The molecular formula is C19H16F3N3O3. The summed E-state index contributed by atoms with van der Waals surface area (Å²) in [5, 5.41) is 16.2. The zero-order chi connectivity index (χ0) is 20.6. The molecule has 146 valence electrons. The summed E-state index contributed by atoms with van der Waals surface area (Å²) in [6, 6.07) is 11.4. The van der Waals surface area contributed by atoms with Gasteiger partial charge in [0.05, 0.1) is 17.0 Å². The van der Waals surface area contributed by atoms with E-state index in [0.717, 1.165) is 17.7 Å². The lowest BCUT2D eigenvalue weighted by Crippen LogP contribution is -2.25. The standard InChI is InChI=1S/C19H16F3N3O3/c20-19(21,22)15-8-9-16(17(13-15)25(27)28)23-12-10-18(26)24-11-4-7-14-5-2-1-3-6-14/h1-3,5-6,8-9,13,23H,10-12H2,(H,24,26). The molecule has 0 bridgehead atoms. The molecule has 0 aromatic heterocycles. The molecule has 0 fully saturated rings. The number of hydrogen-bond donors (Lipinski definition) is 2. The Labute approximate surface area is 158 Å². The van der Waals surface area contributed by atoms with Crippen LogP contribution in [0.5, 0.6) is 0 Å². The number of nitro groups is 1. The van der Waals surface area contributed by atoms with Gasteiger partial charge < -0.3 is 10.6 Å². The number of anilines is 1. The average Bonchev–Trinajstić information content (AvgIpc) is 2.65. The minimum atomic E-state index is -4.68. The minimum absolute atomic E-state index is 0.0180. The molecule has 0 saturated carbocycles. The van der Waals surface area contributed by atoms with Crippen molar-refractivity contribution < 1.29 is 22.9 Å². The SMILES string of the molecule is O=C(CCNc1ccc(C(F)(F)F)cc1[N+](=O)[O-])NCC#Cc1ccccc1. The zero-order valence-electron chi connectivity index (χ0n) is 14.5. The van der Waals surface area contributed by atoms with Crippen LogP contribution >= 0.6 is 0 Å². The third-order valence-electron chi connectivity index (χ3n) is 3.57. The molecule has 0 radical (unpaired) electrons. The lowest BCUT2D eigenvalue weighted by Gasteiger charge is -2.10. The first-order chi connectivity index (χ1) is 13.3. The molecule has 0 aliphatic carbocycles. The second kappa shape index (κ2) is 9.41. The molecule has 1 amide bonds. The lowest BCUT2D eigenvalue weighted by atomic mass is 10.1. The van der Waals surface area contributed by atoms with Gasteiger partial charge in [0.2, 0.25) is 5.91 Å². The number of amides is 1. The summed E-state index contributed by atoms with van der Waals surface area (Å²) in [6.45, 7) is 0.151.